The third-order valence-electron chi connectivity index (χ3n) is 5.80. The van der Waals surface area contributed by atoms with Gasteiger partial charge in [-0.1, -0.05) is 12.1 Å². The number of hydrogen-bond acceptors (Lipinski definition) is 7. The molecule has 1 atom stereocenters. The van der Waals surface area contributed by atoms with Gasteiger partial charge in [-0.15, -0.1) is 0 Å². The molecule has 33 heavy (non-hydrogen) atoms. The van der Waals surface area contributed by atoms with E-state index in [1.165, 1.54) is 0 Å². The van der Waals surface area contributed by atoms with Gasteiger partial charge in [0.25, 0.3) is 5.91 Å². The largest absolute Gasteiger partial charge is 0.497 e. The predicted octanol–water partition coefficient (Wildman–Crippen LogP) is 3.27. The van der Waals surface area contributed by atoms with E-state index in [-0.39, 0.29) is 12.5 Å². The van der Waals surface area contributed by atoms with Gasteiger partial charge in [-0.25, -0.2) is 0 Å². The normalized spacial score (nSPS) is 15.2. The molecular formula is C24H27N3O6. The standard InChI is InChI=1S/C24H27N3O6/c1-29-16-8-6-7-15(11-16)23-20-21(14-9-10-17(30-2)18(12-14)31-3)25-26-22(20)24(28)27(23)13-19(32-4)33-5/h6-12,19,23H,13H2,1-5H3,(H,25,26). The molecule has 0 fully saturated rings. The number of nitrogens with zero attached hydrogens (tertiary/aromatic N) is 2. The van der Waals surface area contributed by atoms with Crippen LogP contribution < -0.4 is 14.2 Å². The van der Waals surface area contributed by atoms with E-state index in [9.17, 15) is 4.79 Å². The molecule has 0 bridgehead atoms. The van der Waals surface area contributed by atoms with Crippen molar-refractivity contribution in [3.8, 4) is 28.5 Å². The van der Waals surface area contributed by atoms with E-state index in [0.717, 1.165) is 16.7 Å². The van der Waals surface area contributed by atoms with Crippen molar-refractivity contribution in [1.29, 1.82) is 0 Å². The summed E-state index contributed by atoms with van der Waals surface area (Å²) in [5, 5.41) is 7.44. The van der Waals surface area contributed by atoms with Crippen LogP contribution in [0, 0.1) is 0 Å². The van der Waals surface area contributed by atoms with Gasteiger partial charge in [0.15, 0.2) is 17.8 Å². The second-order valence-corrected chi connectivity index (χ2v) is 7.47. The number of methoxy groups -OCH3 is 5. The van der Waals surface area contributed by atoms with Crippen LogP contribution in [0.2, 0.25) is 0 Å². The molecule has 9 heteroatoms. The molecule has 0 spiro atoms. The topological polar surface area (TPSA) is 95.1 Å². The molecule has 1 N–H and O–H groups in total. The molecule has 0 saturated carbocycles. The molecule has 1 aliphatic heterocycles. The maximum absolute atomic E-state index is 13.4. The number of carbonyl (C=O) groups excluding carboxylic acids is 1. The lowest BCUT2D eigenvalue weighted by Crippen LogP contribution is -2.38. The summed E-state index contributed by atoms with van der Waals surface area (Å²) in [5.41, 5.74) is 3.53. The molecule has 0 radical (unpaired) electrons. The van der Waals surface area contributed by atoms with Crippen molar-refractivity contribution < 1.29 is 28.5 Å². The van der Waals surface area contributed by atoms with Crippen molar-refractivity contribution in [3.05, 3.63) is 59.3 Å². The Morgan fingerprint density at radius 3 is 2.39 bits per heavy atom. The molecule has 0 saturated heterocycles. The van der Waals surface area contributed by atoms with Crippen molar-refractivity contribution >= 4 is 5.91 Å². The summed E-state index contributed by atoms with van der Waals surface area (Å²) in [5.74, 6) is 1.69. The Morgan fingerprint density at radius 2 is 1.73 bits per heavy atom. The molecule has 1 aliphatic rings. The van der Waals surface area contributed by atoms with Crippen molar-refractivity contribution in [2.24, 2.45) is 0 Å². The maximum Gasteiger partial charge on any atom is 0.273 e. The molecular weight excluding hydrogens is 426 g/mol. The molecule has 1 amide bonds. The first-order chi connectivity index (χ1) is 16.1. The quantitative estimate of drug-likeness (QED) is 0.497. The second kappa shape index (κ2) is 9.51. The van der Waals surface area contributed by atoms with Crippen LogP contribution in [0.1, 0.15) is 27.7 Å². The minimum atomic E-state index is -0.580. The van der Waals surface area contributed by atoms with Crippen LogP contribution in [0.4, 0.5) is 0 Å². The van der Waals surface area contributed by atoms with Crippen molar-refractivity contribution in [2.75, 3.05) is 42.1 Å². The molecule has 2 heterocycles. The summed E-state index contributed by atoms with van der Waals surface area (Å²) in [6.45, 7) is 0.238. The van der Waals surface area contributed by atoms with Gasteiger partial charge in [0.05, 0.1) is 39.6 Å². The lowest BCUT2D eigenvalue weighted by Gasteiger charge is -2.29. The number of ether oxygens (including phenoxy) is 5. The zero-order valence-electron chi connectivity index (χ0n) is 19.2. The Bertz CT molecular complexity index is 1140. The van der Waals surface area contributed by atoms with Gasteiger partial charge in [-0.3, -0.25) is 9.89 Å². The molecule has 1 unspecified atom stereocenters. The van der Waals surface area contributed by atoms with Gasteiger partial charge in [0.1, 0.15) is 11.4 Å². The number of aromatic amines is 1. The van der Waals surface area contributed by atoms with Crippen LogP contribution in [0.5, 0.6) is 17.2 Å². The monoisotopic (exact) mass is 453 g/mol. The van der Waals surface area contributed by atoms with E-state index in [1.54, 1.807) is 40.4 Å². The molecule has 4 rings (SSSR count). The number of fused-ring (bicyclic) bond motifs is 1. The molecule has 3 aromatic rings. The van der Waals surface area contributed by atoms with Crippen LogP contribution in [-0.4, -0.2) is 69.4 Å². The van der Waals surface area contributed by atoms with Gasteiger partial charge in [0, 0.05) is 25.3 Å². The first kappa shape index (κ1) is 22.6. The Labute approximate surface area is 192 Å². The SMILES string of the molecule is COc1cccc(C2c3c(-c4ccc(OC)c(OC)c4)n[nH]c3C(=O)N2CC(OC)OC)c1. The molecule has 1 aromatic heterocycles. The average molecular weight is 453 g/mol. The lowest BCUT2D eigenvalue weighted by atomic mass is 9.95. The summed E-state index contributed by atoms with van der Waals surface area (Å²) in [4.78, 5) is 15.2. The van der Waals surface area contributed by atoms with Crippen LogP contribution in [-0.2, 0) is 9.47 Å². The number of hydrogen-bond donors (Lipinski definition) is 1. The number of benzene rings is 2. The van der Waals surface area contributed by atoms with Gasteiger partial charge in [-0.2, -0.15) is 5.10 Å². The molecule has 9 nitrogen and oxygen atoms in total. The van der Waals surface area contributed by atoms with E-state index in [1.807, 2.05) is 42.5 Å². The number of amides is 1. The Hall–Kier alpha value is -3.56. The van der Waals surface area contributed by atoms with Crippen molar-refractivity contribution in [1.82, 2.24) is 15.1 Å². The highest BCUT2D eigenvalue weighted by molar-refractivity contribution is 6.00. The summed E-state index contributed by atoms with van der Waals surface area (Å²) in [6, 6.07) is 12.8. The van der Waals surface area contributed by atoms with E-state index in [0.29, 0.717) is 28.6 Å². The maximum atomic E-state index is 13.4. The second-order valence-electron chi connectivity index (χ2n) is 7.47. The predicted molar refractivity (Wildman–Crippen MR) is 121 cm³/mol. The minimum Gasteiger partial charge on any atom is -0.497 e. The van der Waals surface area contributed by atoms with Gasteiger partial charge < -0.3 is 28.6 Å². The third kappa shape index (κ3) is 4.01. The minimum absolute atomic E-state index is 0.184. The van der Waals surface area contributed by atoms with Crippen LogP contribution >= 0.6 is 0 Å². The lowest BCUT2D eigenvalue weighted by molar-refractivity contribution is -0.113. The number of carbonyl (C=O) groups is 1. The highest BCUT2D eigenvalue weighted by Gasteiger charge is 2.43. The average Bonchev–Trinajstić information content (AvgIpc) is 3.40. The van der Waals surface area contributed by atoms with Gasteiger partial charge in [0.2, 0.25) is 0 Å². The molecule has 174 valence electrons. The zero-order valence-corrected chi connectivity index (χ0v) is 19.2. The fourth-order valence-corrected chi connectivity index (χ4v) is 4.15. The Kier molecular flexibility index (Phi) is 6.52. The molecule has 2 aromatic carbocycles. The Balaban J connectivity index is 1.86. The van der Waals surface area contributed by atoms with Gasteiger partial charge >= 0.3 is 0 Å². The van der Waals surface area contributed by atoms with E-state index in [4.69, 9.17) is 23.7 Å². The summed E-state index contributed by atoms with van der Waals surface area (Å²) in [6.07, 6.45) is -0.580. The Morgan fingerprint density at radius 1 is 0.970 bits per heavy atom. The summed E-state index contributed by atoms with van der Waals surface area (Å²) >= 11 is 0. The number of aromatic nitrogens is 2. The van der Waals surface area contributed by atoms with E-state index in [2.05, 4.69) is 10.2 Å². The van der Waals surface area contributed by atoms with Gasteiger partial charge in [-0.05, 0) is 35.9 Å². The highest BCUT2D eigenvalue weighted by atomic mass is 16.7. The van der Waals surface area contributed by atoms with E-state index >= 15 is 0 Å². The van der Waals surface area contributed by atoms with Crippen LogP contribution in [0.3, 0.4) is 0 Å². The van der Waals surface area contributed by atoms with Crippen LogP contribution in [0.25, 0.3) is 11.3 Å². The summed E-state index contributed by atoms with van der Waals surface area (Å²) < 4.78 is 27.0. The highest BCUT2D eigenvalue weighted by Crippen LogP contribution is 2.44. The number of nitrogens with one attached hydrogen (secondary N) is 1. The van der Waals surface area contributed by atoms with Crippen molar-refractivity contribution in [2.45, 2.75) is 12.3 Å². The van der Waals surface area contributed by atoms with Crippen LogP contribution in [0.15, 0.2) is 42.5 Å². The summed E-state index contributed by atoms with van der Waals surface area (Å²) in [7, 11) is 7.87. The first-order valence-electron chi connectivity index (χ1n) is 10.4. The first-order valence-corrected chi connectivity index (χ1v) is 10.4. The fraction of sp³-hybridized carbons (Fsp3) is 0.333. The fourth-order valence-electron chi connectivity index (χ4n) is 4.15. The van der Waals surface area contributed by atoms with Crippen molar-refractivity contribution in [3.63, 3.8) is 0 Å². The zero-order chi connectivity index (χ0) is 23.5. The smallest absolute Gasteiger partial charge is 0.273 e. The van der Waals surface area contributed by atoms with E-state index < -0.39 is 12.3 Å². The number of H-pyrrole nitrogens is 1. The third-order valence-corrected chi connectivity index (χ3v) is 5.80. The molecule has 0 aliphatic carbocycles. The number of rotatable bonds is 9.